The van der Waals surface area contributed by atoms with Gasteiger partial charge in [-0.3, -0.25) is 4.79 Å². The molecule has 280 valence electrons. The monoisotopic (exact) mass is 935 g/mol. The zero-order valence-electron chi connectivity index (χ0n) is 31.7. The van der Waals surface area contributed by atoms with Gasteiger partial charge in [0.05, 0.1) is 12.8 Å². The van der Waals surface area contributed by atoms with Crippen LogP contribution in [0.5, 0.6) is 5.88 Å². The largest absolute Gasteiger partial charge is 0.481 e. The molecule has 1 atom stereocenters. The Balaban J connectivity index is 0.000000512. The van der Waals surface area contributed by atoms with Crippen molar-refractivity contribution in [2.24, 2.45) is 28.5 Å². The Bertz CT molecular complexity index is 1560. The van der Waals surface area contributed by atoms with E-state index < -0.39 is 11.9 Å². The van der Waals surface area contributed by atoms with Crippen molar-refractivity contribution in [1.29, 1.82) is 0 Å². The van der Waals surface area contributed by atoms with E-state index in [-0.39, 0.29) is 54.7 Å². The third-order valence-electron chi connectivity index (χ3n) is 8.80. The van der Waals surface area contributed by atoms with Gasteiger partial charge in [0.2, 0.25) is 5.88 Å². The van der Waals surface area contributed by atoms with Crippen molar-refractivity contribution in [1.82, 2.24) is 9.97 Å². The number of aryl methyl sites for hydroxylation is 3. The number of hydrogen-bond acceptors (Lipinski definition) is 5. The summed E-state index contributed by atoms with van der Waals surface area (Å²) in [5, 5.41) is 7.00. The number of carbonyl (C=O) groups excluding carboxylic acids is 1. The number of rotatable bonds is 11. The van der Waals surface area contributed by atoms with E-state index in [9.17, 15) is 18.0 Å². The van der Waals surface area contributed by atoms with Crippen LogP contribution in [0.15, 0.2) is 41.5 Å². The third-order valence-corrected chi connectivity index (χ3v) is 8.80. The van der Waals surface area contributed by atoms with Gasteiger partial charge in [-0.05, 0) is 93.2 Å². The number of amides is 1. The molecular formula is C40H56F3N4O3U-. The maximum Gasteiger partial charge on any atom is 0.433 e. The molecule has 0 spiro atoms. The Morgan fingerprint density at radius 1 is 1.02 bits per heavy atom. The minimum absolute atomic E-state index is 0. The number of hydrogen-bond donors (Lipinski definition) is 2. The van der Waals surface area contributed by atoms with Crippen molar-refractivity contribution in [3.63, 3.8) is 0 Å². The molecule has 2 heterocycles. The summed E-state index contributed by atoms with van der Waals surface area (Å²) in [4.78, 5) is 25.1. The number of aliphatic hydroxyl groups is 1. The van der Waals surface area contributed by atoms with Crippen LogP contribution in [-0.2, 0) is 17.4 Å². The molecule has 2 aromatic heterocycles. The molecule has 3 aromatic rings. The van der Waals surface area contributed by atoms with E-state index in [2.05, 4.69) is 81.6 Å². The smallest absolute Gasteiger partial charge is 0.433 e. The topological polar surface area (TPSA) is 111 Å². The molecule has 0 saturated heterocycles. The summed E-state index contributed by atoms with van der Waals surface area (Å²) in [5.74, 6) is 0.879. The van der Waals surface area contributed by atoms with Crippen LogP contribution in [0.1, 0.15) is 111 Å². The fourth-order valence-corrected chi connectivity index (χ4v) is 6.12. The Labute approximate surface area is 326 Å². The van der Waals surface area contributed by atoms with Crippen molar-refractivity contribution >= 4 is 11.7 Å². The second-order valence-electron chi connectivity index (χ2n) is 13.8. The zero-order chi connectivity index (χ0) is 37.8. The van der Waals surface area contributed by atoms with Crippen LogP contribution < -0.4 is 10.5 Å². The number of nitrogens with zero attached hydrogens (tertiary/aromatic N) is 3. The van der Waals surface area contributed by atoms with E-state index in [0.29, 0.717) is 35.4 Å². The maximum absolute atomic E-state index is 13.1. The van der Waals surface area contributed by atoms with Crippen molar-refractivity contribution in [3.8, 4) is 17.0 Å². The summed E-state index contributed by atoms with van der Waals surface area (Å²) in [5.41, 5.74) is 13.1. The van der Waals surface area contributed by atoms with Gasteiger partial charge in [0.25, 0.3) is 5.91 Å². The minimum Gasteiger partial charge on any atom is -0.481 e. The van der Waals surface area contributed by atoms with Gasteiger partial charge < -0.3 is 22.5 Å². The number of aromatic nitrogens is 2. The summed E-state index contributed by atoms with van der Waals surface area (Å²) < 4.78 is 44.5. The van der Waals surface area contributed by atoms with Crippen LogP contribution in [0.2, 0.25) is 0 Å². The molecule has 7 nitrogen and oxygen atoms in total. The predicted molar refractivity (Wildman–Crippen MR) is 196 cm³/mol. The molecule has 0 bridgehead atoms. The number of methoxy groups -OCH3 is 1. The quantitative estimate of drug-likeness (QED) is 0.113. The molecule has 11 heteroatoms. The number of ether oxygens (including phenoxy) is 1. The summed E-state index contributed by atoms with van der Waals surface area (Å²) in [6, 6.07) is 8.75. The van der Waals surface area contributed by atoms with Crippen molar-refractivity contribution < 1.29 is 58.9 Å². The number of nitrogens with two attached hydrogens (primary N) is 1. The van der Waals surface area contributed by atoms with Gasteiger partial charge in [0, 0.05) is 72.9 Å². The second kappa shape index (κ2) is 21.7. The summed E-state index contributed by atoms with van der Waals surface area (Å²) in [6.07, 6.45) is 3.03. The number of pyridine rings is 2. The Hall–Kier alpha value is -2.74. The molecule has 1 aromatic carbocycles. The molecule has 1 amide bonds. The molecule has 1 saturated carbocycles. The standard InChI is InChI=1S/C22H32F3N3O.C17H20NO.CH4O.U/c1-13(2)8-9-16(12-14(3)4)21(29)28-20(26)17-10-11-18(22(23,24)25)27-19(17)15-6-5-7-15;1-6-14-7-11(2)16(12(3)8-14)15-9-13(4)17(19-5)18-10-15;1-2;/h10-11,13-16H,5-9,12H2,1-4H3,(H2,26,28,29);7-10H,1,6H2,2-5H3;2H,1H3;/q;-1;;. The normalized spacial score (nSPS) is 13.7. The van der Waals surface area contributed by atoms with Gasteiger partial charge in [-0.1, -0.05) is 58.2 Å². The van der Waals surface area contributed by atoms with Crippen LogP contribution in [0, 0.1) is 76.6 Å². The molecule has 1 unspecified atom stereocenters. The first kappa shape index (κ1) is 46.3. The molecule has 3 N–H and O–H groups in total. The predicted octanol–water partition coefficient (Wildman–Crippen LogP) is 9.37. The van der Waals surface area contributed by atoms with Gasteiger partial charge >= 0.3 is 6.18 Å². The molecular weight excluding hydrogens is 879 g/mol. The van der Waals surface area contributed by atoms with Gasteiger partial charge in [0.15, 0.2) is 0 Å². The van der Waals surface area contributed by atoms with Crippen molar-refractivity contribution in [2.75, 3.05) is 14.2 Å². The molecule has 4 rings (SSSR count). The SMILES string of the molecule is CC(C)CCC(CC(C)C)C(=O)N=C(N)c1ccc(C(F)(F)F)nc1C1CCC1.CO.[CH2-]Cc1cc(C)c(-c2cnc(OC)c(C)c2)c(C)c1.[U]. The van der Waals surface area contributed by atoms with Crippen LogP contribution in [-0.4, -0.2) is 41.0 Å². The first-order valence-electron chi connectivity index (χ1n) is 17.4. The minimum atomic E-state index is -4.52. The summed E-state index contributed by atoms with van der Waals surface area (Å²) in [6.45, 7) is 18.6. The molecule has 1 aliphatic rings. The van der Waals surface area contributed by atoms with E-state index in [1.54, 1.807) is 7.11 Å². The van der Waals surface area contributed by atoms with E-state index in [1.165, 1.54) is 28.3 Å². The number of aliphatic imine (C=N–C) groups is 1. The first-order chi connectivity index (χ1) is 23.5. The third kappa shape index (κ3) is 13.6. The first-order valence-corrected chi connectivity index (χ1v) is 17.4. The van der Waals surface area contributed by atoms with Gasteiger partial charge in [-0.2, -0.15) is 24.6 Å². The number of carbonyl (C=O) groups is 1. The number of alkyl halides is 3. The maximum atomic E-state index is 13.1. The van der Waals surface area contributed by atoms with Gasteiger partial charge in [0.1, 0.15) is 11.5 Å². The number of benzene rings is 1. The molecule has 1 aliphatic carbocycles. The Morgan fingerprint density at radius 2 is 1.63 bits per heavy atom. The summed E-state index contributed by atoms with van der Waals surface area (Å²) in [7, 11) is 2.65. The van der Waals surface area contributed by atoms with Gasteiger partial charge in [-0.15, -0.1) is 0 Å². The zero-order valence-corrected chi connectivity index (χ0v) is 35.9. The molecule has 0 aliphatic heterocycles. The summed E-state index contributed by atoms with van der Waals surface area (Å²) >= 11 is 0. The Morgan fingerprint density at radius 3 is 2.08 bits per heavy atom. The van der Waals surface area contributed by atoms with E-state index in [4.69, 9.17) is 15.6 Å². The van der Waals surface area contributed by atoms with Crippen molar-refractivity contribution in [3.05, 3.63) is 82.7 Å². The van der Waals surface area contributed by atoms with Crippen LogP contribution >= 0.6 is 0 Å². The molecule has 51 heavy (non-hydrogen) atoms. The molecule has 0 radical (unpaired) electrons. The second-order valence-corrected chi connectivity index (χ2v) is 13.8. The average Bonchev–Trinajstić information content (AvgIpc) is 3.02. The van der Waals surface area contributed by atoms with E-state index >= 15 is 0 Å². The van der Waals surface area contributed by atoms with Gasteiger partial charge in [-0.25, -0.2) is 9.97 Å². The fourth-order valence-electron chi connectivity index (χ4n) is 6.12. The average molecular weight is 936 g/mol. The Kier molecular flexibility index (Phi) is 19.7. The van der Waals surface area contributed by atoms with E-state index in [1.807, 2.05) is 13.1 Å². The number of halogens is 3. The number of amidine groups is 1. The van der Waals surface area contributed by atoms with E-state index in [0.717, 1.165) is 62.8 Å². The van der Waals surface area contributed by atoms with Crippen LogP contribution in [0.25, 0.3) is 11.1 Å². The van der Waals surface area contributed by atoms with Crippen LogP contribution in [0.4, 0.5) is 13.2 Å². The fraction of sp³-hybridized carbons (Fsp3) is 0.525. The van der Waals surface area contributed by atoms with Crippen LogP contribution in [0.3, 0.4) is 0 Å². The molecule has 1 fully saturated rings. The van der Waals surface area contributed by atoms with Crippen molar-refractivity contribution in [2.45, 2.75) is 106 Å². The number of aliphatic hydroxyl groups excluding tert-OH is 1.